The minimum Gasteiger partial charge on any atom is -0.444 e. The van der Waals surface area contributed by atoms with E-state index in [4.69, 9.17) is 16.3 Å². The van der Waals surface area contributed by atoms with Crippen LogP contribution in [0.1, 0.15) is 82.2 Å². The van der Waals surface area contributed by atoms with Crippen molar-refractivity contribution >= 4 is 35.2 Å². The third kappa shape index (κ3) is 8.48. The molecule has 2 aromatic rings. The molecule has 0 aliphatic carbocycles. The molecule has 0 radical (unpaired) electrons. The van der Waals surface area contributed by atoms with Crippen LogP contribution in [-0.2, 0) is 14.3 Å². The lowest BCUT2D eigenvalue weighted by Gasteiger charge is -2.34. The van der Waals surface area contributed by atoms with Crippen molar-refractivity contribution in [2.24, 2.45) is 0 Å². The number of ether oxygens (including phenoxy) is 1. The van der Waals surface area contributed by atoms with Crippen molar-refractivity contribution in [3.63, 3.8) is 0 Å². The van der Waals surface area contributed by atoms with E-state index in [1.165, 1.54) is 0 Å². The third-order valence-electron chi connectivity index (χ3n) is 6.36. The number of carbonyl (C=O) groups is 3. The van der Waals surface area contributed by atoms with Gasteiger partial charge in [-0.2, -0.15) is 0 Å². The molecule has 0 spiro atoms. The lowest BCUT2D eigenvalue weighted by Crippen LogP contribution is -2.51. The van der Waals surface area contributed by atoms with Gasteiger partial charge in [0.2, 0.25) is 5.91 Å². The van der Waals surface area contributed by atoms with E-state index in [0.29, 0.717) is 23.7 Å². The smallest absolute Gasteiger partial charge is 0.408 e. The number of para-hydroxylation sites is 1. The van der Waals surface area contributed by atoms with Crippen LogP contribution in [0.2, 0.25) is 5.02 Å². The summed E-state index contributed by atoms with van der Waals surface area (Å²) in [5, 5.41) is 6.04. The van der Waals surface area contributed by atoms with Crippen molar-refractivity contribution < 1.29 is 19.1 Å². The van der Waals surface area contributed by atoms with E-state index in [9.17, 15) is 14.4 Å². The first kappa shape index (κ1) is 31.2. The predicted molar refractivity (Wildman–Crippen MR) is 154 cm³/mol. The summed E-state index contributed by atoms with van der Waals surface area (Å²) in [5.74, 6) is -0.742. The zero-order valence-corrected chi connectivity index (χ0v) is 24.7. The number of aryl methyl sites for hydroxylation is 2. The second-order valence-electron chi connectivity index (χ2n) is 10.7. The summed E-state index contributed by atoms with van der Waals surface area (Å²) in [5.41, 5.74) is 3.27. The molecule has 0 bridgehead atoms. The van der Waals surface area contributed by atoms with Crippen LogP contribution in [0.15, 0.2) is 36.4 Å². The molecule has 2 unspecified atom stereocenters. The van der Waals surface area contributed by atoms with Gasteiger partial charge in [-0.3, -0.25) is 9.59 Å². The molecule has 7 nitrogen and oxygen atoms in total. The third-order valence-corrected chi connectivity index (χ3v) is 6.68. The maximum atomic E-state index is 14.0. The topological polar surface area (TPSA) is 87.7 Å². The van der Waals surface area contributed by atoms with Gasteiger partial charge in [-0.1, -0.05) is 61.7 Å². The average molecular weight is 544 g/mol. The van der Waals surface area contributed by atoms with E-state index in [2.05, 4.69) is 17.6 Å². The largest absolute Gasteiger partial charge is 0.444 e. The normalized spacial score (nSPS) is 12.9. The number of halogens is 1. The predicted octanol–water partition coefficient (Wildman–Crippen LogP) is 6.88. The highest BCUT2D eigenvalue weighted by molar-refractivity contribution is 6.34. The minimum atomic E-state index is -0.933. The molecule has 2 rings (SSSR count). The second-order valence-corrected chi connectivity index (χ2v) is 11.1. The van der Waals surface area contributed by atoms with Crippen LogP contribution in [0.3, 0.4) is 0 Å². The van der Waals surface area contributed by atoms with Crippen molar-refractivity contribution in [3.05, 3.63) is 63.7 Å². The summed E-state index contributed by atoms with van der Waals surface area (Å²) < 4.78 is 5.35. The second kappa shape index (κ2) is 13.7. The van der Waals surface area contributed by atoms with Crippen LogP contribution in [0, 0.1) is 20.8 Å². The molecule has 0 saturated heterocycles. The van der Waals surface area contributed by atoms with Crippen LogP contribution in [0.25, 0.3) is 0 Å². The van der Waals surface area contributed by atoms with Crippen LogP contribution in [0.4, 0.5) is 10.5 Å². The van der Waals surface area contributed by atoms with Gasteiger partial charge in [0.1, 0.15) is 17.7 Å². The number of carbonyl (C=O) groups excluding carboxylic acids is 3. The fourth-order valence-corrected chi connectivity index (χ4v) is 4.46. The molecule has 2 aromatic carbocycles. The highest BCUT2D eigenvalue weighted by atomic mass is 35.5. The van der Waals surface area contributed by atoms with Gasteiger partial charge in [-0.25, -0.2) is 4.79 Å². The average Bonchev–Trinajstić information content (AvgIpc) is 2.81. The number of amides is 3. The van der Waals surface area contributed by atoms with Crippen LogP contribution in [-0.4, -0.2) is 41.0 Å². The quantitative estimate of drug-likeness (QED) is 0.320. The van der Waals surface area contributed by atoms with Crippen LogP contribution >= 0.6 is 11.6 Å². The Bertz CT molecular complexity index is 1120. The first-order valence-corrected chi connectivity index (χ1v) is 13.6. The lowest BCUT2D eigenvalue weighted by atomic mass is 9.94. The molecule has 0 aromatic heterocycles. The summed E-state index contributed by atoms with van der Waals surface area (Å²) >= 11 is 6.43. The molecule has 8 heteroatoms. The number of nitrogens with one attached hydrogen (secondary N) is 2. The SMILES string of the molecule is CCCCCN(C(=O)C(C)NC(=O)OC(C)(C)C)C(C(=O)Nc1c(C)cccc1Cl)c1cccc(C)c1C. The molecule has 208 valence electrons. The minimum absolute atomic E-state index is 0.347. The Hall–Kier alpha value is -3.06. The van der Waals surface area contributed by atoms with Gasteiger partial charge in [0.15, 0.2) is 0 Å². The molecule has 0 saturated carbocycles. The number of anilines is 1. The molecular formula is C30H42ClN3O4. The Balaban J connectivity index is 2.54. The van der Waals surface area contributed by atoms with E-state index >= 15 is 0 Å². The van der Waals surface area contributed by atoms with Gasteiger partial charge in [0, 0.05) is 6.54 Å². The molecule has 0 heterocycles. The fourth-order valence-electron chi connectivity index (χ4n) is 4.20. The number of alkyl carbamates (subject to hydrolysis) is 1. The molecule has 3 amide bonds. The number of hydrogen-bond acceptors (Lipinski definition) is 4. The Morgan fingerprint density at radius 1 is 1.00 bits per heavy atom. The Morgan fingerprint density at radius 3 is 2.24 bits per heavy atom. The molecule has 2 N–H and O–H groups in total. The first-order valence-electron chi connectivity index (χ1n) is 13.2. The van der Waals surface area contributed by atoms with Crippen molar-refractivity contribution in [3.8, 4) is 0 Å². The van der Waals surface area contributed by atoms with E-state index in [1.807, 2.05) is 51.1 Å². The Morgan fingerprint density at radius 2 is 1.63 bits per heavy atom. The lowest BCUT2D eigenvalue weighted by molar-refractivity contribution is -0.140. The molecule has 38 heavy (non-hydrogen) atoms. The number of benzene rings is 2. The molecule has 0 fully saturated rings. The van der Waals surface area contributed by atoms with Crippen LogP contribution in [0.5, 0.6) is 0 Å². The van der Waals surface area contributed by atoms with E-state index in [-0.39, 0.29) is 11.8 Å². The number of rotatable bonds is 10. The van der Waals surface area contributed by atoms with Crippen molar-refractivity contribution in [1.29, 1.82) is 0 Å². The van der Waals surface area contributed by atoms with E-state index in [0.717, 1.165) is 35.1 Å². The molecule has 0 aliphatic heterocycles. The van der Waals surface area contributed by atoms with Gasteiger partial charge in [-0.15, -0.1) is 0 Å². The molecular weight excluding hydrogens is 502 g/mol. The van der Waals surface area contributed by atoms with Gasteiger partial charge in [0.05, 0.1) is 10.7 Å². The summed E-state index contributed by atoms with van der Waals surface area (Å²) in [6, 6.07) is 9.29. The first-order chi connectivity index (χ1) is 17.8. The standard InChI is InChI=1S/C30H42ClN3O4/c1-9-10-11-18-34(28(36)22(5)32-29(37)38-30(6,7)8)26(23-16-12-14-19(2)21(23)4)27(35)33-25-20(3)15-13-17-24(25)31/h12-17,22,26H,9-11,18H2,1-8H3,(H,32,37)(H,33,35). The van der Waals surface area contributed by atoms with Crippen LogP contribution < -0.4 is 10.6 Å². The maximum absolute atomic E-state index is 14.0. The summed E-state index contributed by atoms with van der Waals surface area (Å²) in [7, 11) is 0. The fraction of sp³-hybridized carbons (Fsp3) is 0.500. The number of nitrogens with zero attached hydrogens (tertiary/aromatic N) is 1. The van der Waals surface area contributed by atoms with Crippen molar-refractivity contribution in [2.75, 3.05) is 11.9 Å². The van der Waals surface area contributed by atoms with E-state index < -0.39 is 23.8 Å². The van der Waals surface area contributed by atoms with Crippen molar-refractivity contribution in [2.45, 2.75) is 92.3 Å². The number of unbranched alkanes of at least 4 members (excludes halogenated alkanes) is 2. The zero-order chi connectivity index (χ0) is 28.6. The van der Waals surface area contributed by atoms with Gasteiger partial charge < -0.3 is 20.3 Å². The van der Waals surface area contributed by atoms with Crippen molar-refractivity contribution in [1.82, 2.24) is 10.2 Å². The highest BCUT2D eigenvalue weighted by Crippen LogP contribution is 2.31. The Kier molecular flexibility index (Phi) is 11.2. The molecule has 2 atom stereocenters. The summed E-state index contributed by atoms with van der Waals surface area (Å²) in [6.45, 7) is 15.1. The maximum Gasteiger partial charge on any atom is 0.408 e. The highest BCUT2D eigenvalue weighted by Gasteiger charge is 2.35. The Labute approximate surface area is 232 Å². The summed E-state index contributed by atoms with van der Waals surface area (Å²) in [4.78, 5) is 41.9. The number of hydrogen-bond donors (Lipinski definition) is 2. The zero-order valence-electron chi connectivity index (χ0n) is 23.9. The monoisotopic (exact) mass is 543 g/mol. The van der Waals surface area contributed by atoms with E-state index in [1.54, 1.807) is 38.7 Å². The molecule has 0 aliphatic rings. The van der Waals surface area contributed by atoms with Gasteiger partial charge in [-0.05, 0) is 83.2 Å². The van der Waals surface area contributed by atoms with Gasteiger partial charge >= 0.3 is 6.09 Å². The summed E-state index contributed by atoms with van der Waals surface area (Å²) in [6.07, 6.45) is 1.86. The van der Waals surface area contributed by atoms with Gasteiger partial charge in [0.25, 0.3) is 5.91 Å².